The highest BCUT2D eigenvalue weighted by Crippen LogP contribution is 2.20. The van der Waals surface area contributed by atoms with E-state index in [1.807, 2.05) is 0 Å². The number of benzene rings is 3. The van der Waals surface area contributed by atoms with Crippen molar-refractivity contribution in [1.29, 1.82) is 0 Å². The van der Waals surface area contributed by atoms with Crippen LogP contribution < -0.4 is 48.7 Å². The van der Waals surface area contributed by atoms with Crippen LogP contribution in [0.2, 0.25) is 0 Å². The van der Waals surface area contributed by atoms with Gasteiger partial charge in [0.2, 0.25) is 47.3 Å². The third-order valence-electron chi connectivity index (χ3n) is 11.4. The smallest absolute Gasteiger partial charge is 0.305 e. The van der Waals surface area contributed by atoms with Crippen LogP contribution in [-0.4, -0.2) is 152 Å². The number of amides is 8. The second-order valence-corrected chi connectivity index (χ2v) is 19.0. The molecule has 15 N–H and O–H groups in total. The summed E-state index contributed by atoms with van der Waals surface area (Å²) in [5.41, 5.74) is 13.8. The molecule has 0 fully saturated rings. The molecule has 4 aromatic rings. The Morgan fingerprint density at radius 1 is 0.554 bits per heavy atom. The lowest BCUT2D eigenvalue weighted by atomic mass is 10.0. The van der Waals surface area contributed by atoms with E-state index in [2.05, 4.69) is 42.2 Å². The van der Waals surface area contributed by atoms with Gasteiger partial charge in [-0.05, 0) is 71.7 Å². The predicted molar refractivity (Wildman–Crippen MR) is 276 cm³/mol. The Bertz CT molecular complexity index is 2600. The number of H-pyrrole nitrogens is 1. The monoisotopic (exact) mass is 1060 g/mol. The summed E-state index contributed by atoms with van der Waals surface area (Å²) in [6.45, 7) is -0.710. The van der Waals surface area contributed by atoms with E-state index < -0.39 is 121 Å². The van der Waals surface area contributed by atoms with Crippen LogP contribution in [0.3, 0.4) is 0 Å². The standard InChI is InChI=1S/C49H62N10O13S2/c1-73-18-16-34(55-47(70)37(21-28-12-14-30(60)15-13-28)58-44(67)32(50)23-41(62)63)45(68)53-26-40(61)54-38(22-29-25-52-33-11-7-6-10-31(29)33)48(71)56-35(17-19-74-2)46(69)59-39(24-42(64)65)49(72)57-36(43(51)66)20-27-8-4-3-5-9-27/h3-15,25,32,34-39,52,60H,16-24,26,50H2,1-2H3,(H2,51,66)(H,53,68)(H,54,61)(H,55,70)(H,56,71)(H,57,72)(H,58,67)(H,59,69)(H,62,63)(H,64,65). The highest BCUT2D eigenvalue weighted by molar-refractivity contribution is 7.98. The summed E-state index contributed by atoms with van der Waals surface area (Å²) in [6, 6.07) is 11.5. The fourth-order valence-electron chi connectivity index (χ4n) is 7.46. The fourth-order valence-corrected chi connectivity index (χ4v) is 8.40. The molecule has 1 heterocycles. The molecule has 0 saturated carbocycles. The number of carboxylic acids is 2. The first-order valence-electron chi connectivity index (χ1n) is 23.2. The molecule has 74 heavy (non-hydrogen) atoms. The van der Waals surface area contributed by atoms with Gasteiger partial charge in [-0.3, -0.25) is 47.9 Å². The van der Waals surface area contributed by atoms with E-state index in [1.54, 1.807) is 73.3 Å². The van der Waals surface area contributed by atoms with Crippen LogP contribution in [0.25, 0.3) is 10.9 Å². The number of phenolic OH excluding ortho intramolecular Hbond substituents is 1. The van der Waals surface area contributed by atoms with E-state index >= 15 is 0 Å². The summed E-state index contributed by atoms with van der Waals surface area (Å²) < 4.78 is 0. The number of aliphatic carboxylic acids is 2. The Hall–Kier alpha value is -7.64. The van der Waals surface area contributed by atoms with E-state index in [4.69, 9.17) is 16.6 Å². The number of fused-ring (bicyclic) bond motifs is 1. The summed E-state index contributed by atoms with van der Waals surface area (Å²) >= 11 is 2.68. The number of para-hydroxylation sites is 1. The van der Waals surface area contributed by atoms with Gasteiger partial charge in [0.1, 0.15) is 42.0 Å². The van der Waals surface area contributed by atoms with Gasteiger partial charge in [0, 0.05) is 36.4 Å². The highest BCUT2D eigenvalue weighted by Gasteiger charge is 2.34. The summed E-state index contributed by atoms with van der Waals surface area (Å²) in [6.07, 6.45) is 3.24. The van der Waals surface area contributed by atoms with Gasteiger partial charge >= 0.3 is 11.9 Å². The molecule has 1 aromatic heterocycles. The number of carbonyl (C=O) groups is 10. The lowest BCUT2D eigenvalue weighted by molar-refractivity contribution is -0.141. The normalized spacial score (nSPS) is 13.8. The van der Waals surface area contributed by atoms with Crippen molar-refractivity contribution in [3.8, 4) is 5.75 Å². The van der Waals surface area contributed by atoms with Gasteiger partial charge in [0.15, 0.2) is 0 Å². The van der Waals surface area contributed by atoms with E-state index in [0.717, 1.165) is 0 Å². The van der Waals surface area contributed by atoms with E-state index in [1.165, 1.54) is 47.8 Å². The van der Waals surface area contributed by atoms with Crippen LogP contribution in [0.4, 0.5) is 0 Å². The molecule has 3 aromatic carbocycles. The van der Waals surface area contributed by atoms with Crippen LogP contribution in [-0.2, 0) is 67.2 Å². The number of nitrogens with one attached hydrogen (secondary N) is 8. The maximum absolute atomic E-state index is 14.3. The first kappa shape index (κ1) is 58.9. The number of aromatic nitrogens is 1. The Labute approximate surface area is 434 Å². The van der Waals surface area contributed by atoms with Crippen molar-refractivity contribution in [1.82, 2.24) is 42.2 Å². The number of carbonyl (C=O) groups excluding carboxylic acids is 8. The molecule has 0 aliphatic carbocycles. The fraction of sp³-hybridized carbons (Fsp3) is 0.388. The number of rotatable bonds is 31. The number of nitrogens with two attached hydrogens (primary N) is 2. The van der Waals surface area contributed by atoms with Crippen molar-refractivity contribution in [2.24, 2.45) is 11.5 Å². The van der Waals surface area contributed by atoms with Gasteiger partial charge in [-0.25, -0.2) is 0 Å². The quantitative estimate of drug-likeness (QED) is 0.0293. The SMILES string of the molecule is CSCCC(NC(=O)C(Cc1ccc(O)cc1)NC(=O)C(N)CC(=O)O)C(=O)NCC(=O)NC(Cc1c[nH]c2ccccc12)C(=O)NC(CCSC)C(=O)NC(CC(=O)O)C(=O)NC(Cc1ccccc1)C(N)=O. The second kappa shape index (κ2) is 29.8. The first-order chi connectivity index (χ1) is 35.3. The summed E-state index contributed by atoms with van der Waals surface area (Å²) in [7, 11) is 0. The zero-order valence-electron chi connectivity index (χ0n) is 40.6. The van der Waals surface area contributed by atoms with E-state index in [9.17, 15) is 58.2 Å². The molecule has 0 spiro atoms. The molecule has 23 nitrogen and oxygen atoms in total. The highest BCUT2D eigenvalue weighted by atomic mass is 32.2. The van der Waals surface area contributed by atoms with Crippen molar-refractivity contribution < 1.29 is 63.3 Å². The summed E-state index contributed by atoms with van der Waals surface area (Å²) in [5, 5.41) is 46.9. The van der Waals surface area contributed by atoms with Crippen LogP contribution in [0, 0.1) is 0 Å². The predicted octanol–water partition coefficient (Wildman–Crippen LogP) is -0.805. The van der Waals surface area contributed by atoms with E-state index in [0.29, 0.717) is 39.1 Å². The Kier molecular flexibility index (Phi) is 23.7. The zero-order valence-corrected chi connectivity index (χ0v) is 42.2. The molecule has 25 heteroatoms. The Morgan fingerprint density at radius 3 is 1.64 bits per heavy atom. The van der Waals surface area contributed by atoms with Gasteiger partial charge < -0.3 is 69.0 Å². The molecular formula is C49H62N10O13S2. The number of hydrogen-bond acceptors (Lipinski definition) is 14. The molecule has 0 saturated heterocycles. The lowest BCUT2D eigenvalue weighted by Crippen LogP contribution is -2.59. The van der Waals surface area contributed by atoms with Crippen LogP contribution >= 0.6 is 23.5 Å². The Morgan fingerprint density at radius 2 is 1.04 bits per heavy atom. The zero-order chi connectivity index (χ0) is 54.3. The first-order valence-corrected chi connectivity index (χ1v) is 26.0. The minimum Gasteiger partial charge on any atom is -0.508 e. The van der Waals surface area contributed by atoms with Crippen LogP contribution in [0.15, 0.2) is 85.1 Å². The van der Waals surface area contributed by atoms with Crippen molar-refractivity contribution in [3.05, 3.63) is 102 Å². The molecule has 0 radical (unpaired) electrons. The van der Waals surface area contributed by atoms with Crippen LogP contribution in [0.5, 0.6) is 5.75 Å². The van der Waals surface area contributed by atoms with Gasteiger partial charge in [0.25, 0.3) is 0 Å². The van der Waals surface area contributed by atoms with Crippen molar-refractivity contribution in [3.63, 3.8) is 0 Å². The number of primary amides is 1. The number of thioether (sulfide) groups is 2. The number of aromatic hydroxyl groups is 1. The Balaban J connectivity index is 1.53. The molecule has 0 bridgehead atoms. The van der Waals surface area contributed by atoms with Crippen LogP contribution in [0.1, 0.15) is 42.4 Å². The van der Waals surface area contributed by atoms with Crippen molar-refractivity contribution in [2.75, 3.05) is 30.6 Å². The van der Waals surface area contributed by atoms with Crippen molar-refractivity contribution >= 4 is 93.6 Å². The molecule has 7 atom stereocenters. The van der Waals surface area contributed by atoms with Gasteiger partial charge in [-0.1, -0.05) is 60.7 Å². The molecule has 0 aliphatic heterocycles. The summed E-state index contributed by atoms with van der Waals surface area (Å²) in [4.78, 5) is 135. The molecular weight excluding hydrogens is 1000 g/mol. The van der Waals surface area contributed by atoms with Crippen molar-refractivity contribution in [2.45, 2.75) is 87.2 Å². The number of hydrogen-bond donors (Lipinski definition) is 13. The van der Waals surface area contributed by atoms with Gasteiger partial charge in [0.05, 0.1) is 25.4 Å². The molecule has 8 amide bonds. The molecule has 7 unspecified atom stereocenters. The number of phenols is 1. The molecule has 4 rings (SSSR count). The summed E-state index contributed by atoms with van der Waals surface area (Å²) in [5.74, 6) is -9.41. The number of aromatic amines is 1. The number of carboxylic acid groups (broad SMARTS) is 2. The minimum atomic E-state index is -1.72. The average Bonchev–Trinajstić information content (AvgIpc) is 3.77. The molecule has 0 aliphatic rings. The second-order valence-electron chi connectivity index (χ2n) is 17.0. The third-order valence-corrected chi connectivity index (χ3v) is 12.6. The molecule has 398 valence electrons. The maximum atomic E-state index is 14.3. The lowest BCUT2D eigenvalue weighted by Gasteiger charge is -2.26. The van der Waals surface area contributed by atoms with Gasteiger partial charge in [-0.15, -0.1) is 0 Å². The topological polar surface area (TPSA) is 383 Å². The average molecular weight is 1060 g/mol. The minimum absolute atomic E-state index is 0.0142. The third kappa shape index (κ3) is 19.4. The van der Waals surface area contributed by atoms with Gasteiger partial charge in [-0.2, -0.15) is 23.5 Å². The largest absolute Gasteiger partial charge is 0.508 e. The van der Waals surface area contributed by atoms with E-state index in [-0.39, 0.29) is 37.9 Å². The maximum Gasteiger partial charge on any atom is 0.305 e.